The smallest absolute Gasteiger partial charge is 0.0541 e. The predicted molar refractivity (Wildman–Crippen MR) is 377 cm³/mol. The van der Waals surface area contributed by atoms with Gasteiger partial charge in [0.1, 0.15) is 0 Å². The second kappa shape index (κ2) is 22.4. The van der Waals surface area contributed by atoms with E-state index in [0.717, 1.165) is 17.1 Å². The Bertz CT molecular complexity index is 5300. The van der Waals surface area contributed by atoms with Crippen molar-refractivity contribution < 1.29 is 0 Å². The van der Waals surface area contributed by atoms with Gasteiger partial charge in [0.15, 0.2) is 0 Å². The van der Waals surface area contributed by atoms with Crippen molar-refractivity contribution >= 4 is 92.7 Å². The van der Waals surface area contributed by atoms with E-state index in [4.69, 9.17) is 0 Å². The van der Waals surface area contributed by atoms with E-state index >= 15 is 0 Å². The standard InChI is InChI=1S/C50H32.C36H26N2/c1-6-16-43-37(11-1)29-40(33-21-23-35(24-22-33)49-30-38-12-2-4-14-41(38)44-17-7-9-19-46(44)49)32-48(43)34-25-27-36(28-26-34)50-31-39-13-3-5-15-42(39)45-18-8-10-20-47(45)50;1-3-11-29(12-4-1)37(30-13-5-2-6-14-30)31-23-19-27(20-24-31)28-21-25-32(26-22-28)38-35-17-9-7-15-33(35)34-16-8-10-18-36(34)38/h1-32H;1-26H. The number of anilines is 3. The lowest BCUT2D eigenvalue weighted by Gasteiger charge is -2.25. The molecule has 0 aliphatic carbocycles. The van der Waals surface area contributed by atoms with E-state index in [9.17, 15) is 0 Å². The summed E-state index contributed by atoms with van der Waals surface area (Å²) in [5.74, 6) is 0. The molecule has 0 atom stereocenters. The van der Waals surface area contributed by atoms with Crippen molar-refractivity contribution in [3.8, 4) is 61.3 Å². The molecular formula is C86H58N2. The van der Waals surface area contributed by atoms with Crippen LogP contribution < -0.4 is 4.90 Å². The summed E-state index contributed by atoms with van der Waals surface area (Å²) in [7, 11) is 0. The maximum Gasteiger partial charge on any atom is 0.0541 e. The van der Waals surface area contributed by atoms with Crippen LogP contribution in [0.25, 0.3) is 137 Å². The zero-order valence-corrected chi connectivity index (χ0v) is 48.4. The molecule has 0 aliphatic rings. The number of nitrogens with zero attached hydrogens (tertiary/aromatic N) is 2. The lowest BCUT2D eigenvalue weighted by Crippen LogP contribution is -2.09. The summed E-state index contributed by atoms with van der Waals surface area (Å²) in [6.45, 7) is 0. The Kier molecular flexibility index (Phi) is 13.3. The summed E-state index contributed by atoms with van der Waals surface area (Å²) in [6, 6.07) is 127. The second-order valence-corrected chi connectivity index (χ2v) is 22.8. The van der Waals surface area contributed by atoms with Crippen LogP contribution in [-0.2, 0) is 0 Å². The molecule has 0 saturated carbocycles. The average molecular weight is 1120 g/mol. The van der Waals surface area contributed by atoms with E-state index in [2.05, 4.69) is 361 Å². The Balaban J connectivity index is 0.000000147. The van der Waals surface area contributed by atoms with Crippen LogP contribution in [0.1, 0.15) is 0 Å². The Morgan fingerprint density at radius 3 is 0.955 bits per heavy atom. The van der Waals surface area contributed by atoms with Gasteiger partial charge in [-0.3, -0.25) is 0 Å². The zero-order valence-electron chi connectivity index (χ0n) is 48.4. The SMILES string of the molecule is c1ccc(N(c2ccccc2)c2ccc(-c3ccc(-n4c5ccccc5c5ccccc54)cc3)cc2)cc1.c1ccc2c(-c3ccc(-c4cc5ccccc5c5ccccc45)cc3)cc(-c3ccc(-c4cc5ccccc5c5ccccc45)cc3)cc2c1. The Hall–Kier alpha value is -11.6. The molecular weight excluding hydrogens is 1060 g/mol. The van der Waals surface area contributed by atoms with Crippen LogP contribution in [0.15, 0.2) is 352 Å². The molecule has 0 bridgehead atoms. The molecule has 16 aromatic carbocycles. The first-order valence-corrected chi connectivity index (χ1v) is 30.3. The molecule has 1 aromatic heterocycles. The van der Waals surface area contributed by atoms with Crippen LogP contribution in [0.3, 0.4) is 0 Å². The zero-order chi connectivity index (χ0) is 58.3. The highest BCUT2D eigenvalue weighted by molar-refractivity contribution is 6.15. The van der Waals surface area contributed by atoms with Crippen LogP contribution >= 0.6 is 0 Å². The summed E-state index contributed by atoms with van der Waals surface area (Å²) in [5, 5.41) is 15.4. The minimum Gasteiger partial charge on any atom is -0.311 e. The van der Waals surface area contributed by atoms with Gasteiger partial charge in [0, 0.05) is 33.5 Å². The fraction of sp³-hybridized carbons (Fsp3) is 0. The van der Waals surface area contributed by atoms with Crippen LogP contribution in [0, 0.1) is 0 Å². The summed E-state index contributed by atoms with van der Waals surface area (Å²) in [5.41, 5.74) is 19.3. The van der Waals surface area contributed by atoms with Gasteiger partial charge in [0.25, 0.3) is 0 Å². The third-order valence-corrected chi connectivity index (χ3v) is 17.6. The largest absolute Gasteiger partial charge is 0.311 e. The average Bonchev–Trinajstić information content (AvgIpc) is 2.65. The third-order valence-electron chi connectivity index (χ3n) is 17.6. The summed E-state index contributed by atoms with van der Waals surface area (Å²) < 4.78 is 2.36. The molecule has 0 spiro atoms. The first-order chi connectivity index (χ1) is 43.6. The van der Waals surface area contributed by atoms with Crippen molar-refractivity contribution in [2.24, 2.45) is 0 Å². The van der Waals surface area contributed by atoms with Crippen molar-refractivity contribution in [3.05, 3.63) is 352 Å². The molecule has 0 fully saturated rings. The minimum atomic E-state index is 1.13. The molecule has 2 heteroatoms. The quantitative estimate of drug-likeness (QED) is 0.131. The molecule has 0 aliphatic heterocycles. The lowest BCUT2D eigenvalue weighted by molar-refractivity contribution is 1.18. The van der Waals surface area contributed by atoms with Crippen molar-refractivity contribution in [2.75, 3.05) is 4.90 Å². The summed E-state index contributed by atoms with van der Waals surface area (Å²) in [6.07, 6.45) is 0. The van der Waals surface area contributed by atoms with Crippen LogP contribution in [0.4, 0.5) is 17.1 Å². The van der Waals surface area contributed by atoms with Crippen LogP contribution in [0.2, 0.25) is 0 Å². The van der Waals surface area contributed by atoms with E-state index in [-0.39, 0.29) is 0 Å². The maximum absolute atomic E-state index is 2.36. The van der Waals surface area contributed by atoms with Gasteiger partial charge >= 0.3 is 0 Å². The van der Waals surface area contributed by atoms with E-state index in [1.54, 1.807) is 0 Å². The molecule has 17 aromatic rings. The van der Waals surface area contributed by atoms with Gasteiger partial charge in [0.05, 0.1) is 11.0 Å². The van der Waals surface area contributed by atoms with E-state index in [1.165, 1.54) is 137 Å². The Morgan fingerprint density at radius 2 is 0.489 bits per heavy atom. The van der Waals surface area contributed by atoms with Crippen LogP contribution in [0.5, 0.6) is 0 Å². The first kappa shape index (κ1) is 52.0. The number of fused-ring (bicyclic) bond motifs is 10. The lowest BCUT2D eigenvalue weighted by atomic mass is 9.90. The van der Waals surface area contributed by atoms with Gasteiger partial charge in [-0.1, -0.05) is 267 Å². The van der Waals surface area contributed by atoms with Crippen molar-refractivity contribution in [1.29, 1.82) is 0 Å². The molecule has 0 unspecified atom stereocenters. The molecule has 2 nitrogen and oxygen atoms in total. The third kappa shape index (κ3) is 9.51. The van der Waals surface area contributed by atoms with Gasteiger partial charge in [-0.15, -0.1) is 0 Å². The maximum atomic E-state index is 2.36. The highest BCUT2D eigenvalue weighted by Crippen LogP contribution is 2.42. The molecule has 0 saturated heterocycles. The second-order valence-electron chi connectivity index (χ2n) is 22.8. The van der Waals surface area contributed by atoms with E-state index in [1.807, 2.05) is 0 Å². The van der Waals surface area contributed by atoms with Crippen molar-refractivity contribution in [3.63, 3.8) is 0 Å². The van der Waals surface area contributed by atoms with E-state index in [0.29, 0.717) is 0 Å². The Labute approximate surface area is 512 Å². The molecule has 0 amide bonds. The van der Waals surface area contributed by atoms with Gasteiger partial charge in [-0.25, -0.2) is 0 Å². The van der Waals surface area contributed by atoms with Crippen molar-refractivity contribution in [1.82, 2.24) is 4.57 Å². The minimum absolute atomic E-state index is 1.13. The summed E-state index contributed by atoms with van der Waals surface area (Å²) in [4.78, 5) is 2.29. The molecule has 412 valence electrons. The molecule has 1 heterocycles. The number of hydrogen-bond acceptors (Lipinski definition) is 1. The summed E-state index contributed by atoms with van der Waals surface area (Å²) >= 11 is 0. The fourth-order valence-electron chi connectivity index (χ4n) is 13.4. The molecule has 0 radical (unpaired) electrons. The monoisotopic (exact) mass is 1120 g/mol. The van der Waals surface area contributed by atoms with E-state index < -0.39 is 0 Å². The fourth-order valence-corrected chi connectivity index (χ4v) is 13.4. The number of para-hydroxylation sites is 4. The van der Waals surface area contributed by atoms with Crippen LogP contribution in [-0.4, -0.2) is 4.57 Å². The van der Waals surface area contributed by atoms with Gasteiger partial charge in [-0.2, -0.15) is 0 Å². The predicted octanol–water partition coefficient (Wildman–Crippen LogP) is 24.0. The van der Waals surface area contributed by atoms with Crippen molar-refractivity contribution in [2.45, 2.75) is 0 Å². The van der Waals surface area contributed by atoms with Gasteiger partial charge < -0.3 is 9.47 Å². The topological polar surface area (TPSA) is 8.17 Å². The molecule has 88 heavy (non-hydrogen) atoms. The number of benzene rings is 16. The Morgan fingerprint density at radius 1 is 0.182 bits per heavy atom. The highest BCUT2D eigenvalue weighted by atomic mass is 15.1. The molecule has 0 N–H and O–H groups in total. The highest BCUT2D eigenvalue weighted by Gasteiger charge is 2.17. The van der Waals surface area contributed by atoms with Gasteiger partial charge in [-0.05, 0) is 194 Å². The molecule has 17 rings (SSSR count). The number of aromatic nitrogens is 1. The first-order valence-electron chi connectivity index (χ1n) is 30.3. The number of rotatable bonds is 9. The van der Waals surface area contributed by atoms with Gasteiger partial charge in [0.2, 0.25) is 0 Å². The number of hydrogen-bond donors (Lipinski definition) is 0. The normalized spacial score (nSPS) is 11.4.